The number of rotatable bonds is 3. The van der Waals surface area contributed by atoms with Gasteiger partial charge in [-0.2, -0.15) is 0 Å². The predicted molar refractivity (Wildman–Crippen MR) is 77.2 cm³/mol. The number of hydrogen-bond acceptors (Lipinski definition) is 3. The van der Waals surface area contributed by atoms with Gasteiger partial charge in [0, 0.05) is 6.54 Å². The van der Waals surface area contributed by atoms with Gasteiger partial charge in [0.15, 0.2) is 11.9 Å². The molecule has 0 amide bonds. The van der Waals surface area contributed by atoms with Crippen molar-refractivity contribution in [1.82, 2.24) is 5.32 Å². The van der Waals surface area contributed by atoms with Gasteiger partial charge in [0.05, 0.1) is 16.6 Å². The van der Waals surface area contributed by atoms with Crippen molar-refractivity contribution in [2.24, 2.45) is 4.99 Å². The van der Waals surface area contributed by atoms with Crippen molar-refractivity contribution in [2.75, 3.05) is 13.1 Å². The number of nitrogens with one attached hydrogen (secondary N) is 1. The highest BCUT2D eigenvalue weighted by Gasteiger charge is 2.17. The Kier molecular flexibility index (Phi) is 5.56. The molecular formula is C11H13BrCl2N2O. The summed E-state index contributed by atoms with van der Waals surface area (Å²) in [6.07, 6.45) is -0.167. The molecule has 1 aliphatic heterocycles. The molecule has 1 aromatic carbocycles. The second-order valence-electron chi connectivity index (χ2n) is 3.50. The van der Waals surface area contributed by atoms with Crippen LogP contribution in [-0.2, 0) is 0 Å². The number of para-hydroxylation sites is 1. The smallest absolute Gasteiger partial charge is 0.157 e. The van der Waals surface area contributed by atoms with E-state index in [1.165, 1.54) is 0 Å². The average molecular weight is 340 g/mol. The van der Waals surface area contributed by atoms with Gasteiger partial charge in [0.1, 0.15) is 5.84 Å². The minimum absolute atomic E-state index is 0. The van der Waals surface area contributed by atoms with Gasteiger partial charge in [0.2, 0.25) is 0 Å². The van der Waals surface area contributed by atoms with Crippen molar-refractivity contribution >= 4 is 46.0 Å². The van der Waals surface area contributed by atoms with Crippen molar-refractivity contribution in [3.05, 3.63) is 28.2 Å². The van der Waals surface area contributed by atoms with Crippen LogP contribution >= 0.6 is 40.2 Å². The molecule has 0 spiro atoms. The molecule has 1 heterocycles. The summed E-state index contributed by atoms with van der Waals surface area (Å²) in [5.41, 5.74) is 0. The van der Waals surface area contributed by atoms with Gasteiger partial charge in [-0.25, -0.2) is 0 Å². The Labute approximate surface area is 121 Å². The number of amidine groups is 1. The second kappa shape index (κ2) is 6.47. The molecule has 0 aromatic heterocycles. The number of hydrogen-bond donors (Lipinski definition) is 1. The lowest BCUT2D eigenvalue weighted by Gasteiger charge is -2.16. The Morgan fingerprint density at radius 3 is 2.53 bits per heavy atom. The summed E-state index contributed by atoms with van der Waals surface area (Å²) in [5.74, 6) is 1.35. The van der Waals surface area contributed by atoms with Crippen molar-refractivity contribution < 1.29 is 4.74 Å². The molecule has 6 heteroatoms. The van der Waals surface area contributed by atoms with Crippen LogP contribution in [-0.4, -0.2) is 25.0 Å². The number of aliphatic imine (C=N–C) groups is 1. The predicted octanol–water partition coefficient (Wildman–Crippen LogP) is 3.34. The topological polar surface area (TPSA) is 33.6 Å². The lowest BCUT2D eigenvalue weighted by Crippen LogP contribution is -2.33. The monoisotopic (exact) mass is 338 g/mol. The van der Waals surface area contributed by atoms with Crippen molar-refractivity contribution in [3.8, 4) is 5.75 Å². The van der Waals surface area contributed by atoms with E-state index in [-0.39, 0.29) is 23.1 Å². The zero-order valence-electron chi connectivity index (χ0n) is 9.24. The maximum Gasteiger partial charge on any atom is 0.157 e. The van der Waals surface area contributed by atoms with E-state index in [0.29, 0.717) is 15.8 Å². The fourth-order valence-electron chi connectivity index (χ4n) is 1.52. The zero-order valence-corrected chi connectivity index (χ0v) is 12.5. The third-order valence-electron chi connectivity index (χ3n) is 2.30. The van der Waals surface area contributed by atoms with Crippen LogP contribution in [0.5, 0.6) is 5.75 Å². The van der Waals surface area contributed by atoms with Gasteiger partial charge in [-0.05, 0) is 19.1 Å². The van der Waals surface area contributed by atoms with E-state index >= 15 is 0 Å². The summed E-state index contributed by atoms with van der Waals surface area (Å²) < 4.78 is 5.70. The molecule has 94 valence electrons. The van der Waals surface area contributed by atoms with Gasteiger partial charge < -0.3 is 10.1 Å². The van der Waals surface area contributed by atoms with Crippen LogP contribution in [0.1, 0.15) is 6.92 Å². The van der Waals surface area contributed by atoms with E-state index in [4.69, 9.17) is 27.9 Å². The fraction of sp³-hybridized carbons (Fsp3) is 0.364. The molecule has 3 nitrogen and oxygen atoms in total. The average Bonchev–Trinajstić information content (AvgIpc) is 2.76. The molecule has 0 aliphatic carbocycles. The maximum atomic E-state index is 6.01. The molecule has 0 bridgehead atoms. The third-order valence-corrected chi connectivity index (χ3v) is 2.89. The Hall–Kier alpha value is -0.450. The molecule has 1 unspecified atom stereocenters. The van der Waals surface area contributed by atoms with Gasteiger partial charge >= 0.3 is 0 Å². The molecule has 1 N–H and O–H groups in total. The molecule has 0 saturated carbocycles. The first-order valence-corrected chi connectivity index (χ1v) is 5.83. The first kappa shape index (κ1) is 14.6. The molecule has 2 rings (SSSR count). The lowest BCUT2D eigenvalue weighted by molar-refractivity contribution is 0.284. The molecule has 0 saturated heterocycles. The molecular weight excluding hydrogens is 327 g/mol. The van der Waals surface area contributed by atoms with Crippen LogP contribution in [0.25, 0.3) is 0 Å². The van der Waals surface area contributed by atoms with Crippen molar-refractivity contribution in [2.45, 2.75) is 13.0 Å². The SMILES string of the molecule is Br.CC(Oc1c(Cl)cccc1Cl)C1=NCCN1. The highest BCUT2D eigenvalue weighted by atomic mass is 79.9. The summed E-state index contributed by atoms with van der Waals surface area (Å²) in [5, 5.41) is 4.18. The Bertz CT molecular complexity index is 406. The minimum atomic E-state index is -0.167. The number of halogens is 3. The van der Waals surface area contributed by atoms with E-state index in [9.17, 15) is 0 Å². The number of ether oxygens (including phenoxy) is 1. The Morgan fingerprint density at radius 2 is 2.00 bits per heavy atom. The quantitative estimate of drug-likeness (QED) is 0.916. The van der Waals surface area contributed by atoms with E-state index in [1.54, 1.807) is 18.2 Å². The molecule has 0 radical (unpaired) electrons. The Balaban J connectivity index is 0.00000144. The summed E-state index contributed by atoms with van der Waals surface area (Å²) in [4.78, 5) is 4.29. The van der Waals surface area contributed by atoms with E-state index in [1.807, 2.05) is 6.92 Å². The first-order chi connectivity index (χ1) is 7.68. The van der Waals surface area contributed by atoms with Crippen LogP contribution < -0.4 is 10.1 Å². The first-order valence-electron chi connectivity index (χ1n) is 5.07. The summed E-state index contributed by atoms with van der Waals surface area (Å²) >= 11 is 12.0. The van der Waals surface area contributed by atoms with Gasteiger partial charge in [-0.15, -0.1) is 17.0 Å². The molecule has 1 atom stereocenters. The zero-order chi connectivity index (χ0) is 11.5. The van der Waals surface area contributed by atoms with Crippen LogP contribution in [0.15, 0.2) is 23.2 Å². The van der Waals surface area contributed by atoms with E-state index in [0.717, 1.165) is 18.9 Å². The lowest BCUT2D eigenvalue weighted by atomic mass is 10.3. The van der Waals surface area contributed by atoms with Crippen LogP contribution in [0.3, 0.4) is 0 Å². The number of nitrogens with zero attached hydrogens (tertiary/aromatic N) is 1. The van der Waals surface area contributed by atoms with Crippen LogP contribution in [0.2, 0.25) is 10.0 Å². The third kappa shape index (κ3) is 3.50. The second-order valence-corrected chi connectivity index (χ2v) is 4.32. The normalized spacial score (nSPS) is 15.6. The maximum absolute atomic E-state index is 6.01. The molecule has 1 aromatic rings. The fourth-order valence-corrected chi connectivity index (χ4v) is 2.00. The van der Waals surface area contributed by atoms with E-state index in [2.05, 4.69) is 10.3 Å². The molecule has 1 aliphatic rings. The molecule has 0 fully saturated rings. The number of benzene rings is 1. The largest absolute Gasteiger partial charge is 0.480 e. The highest BCUT2D eigenvalue weighted by molar-refractivity contribution is 8.93. The van der Waals surface area contributed by atoms with Crippen molar-refractivity contribution in [1.29, 1.82) is 0 Å². The van der Waals surface area contributed by atoms with Crippen LogP contribution in [0.4, 0.5) is 0 Å². The Morgan fingerprint density at radius 1 is 1.35 bits per heavy atom. The van der Waals surface area contributed by atoms with Gasteiger partial charge in [-0.3, -0.25) is 4.99 Å². The molecule has 17 heavy (non-hydrogen) atoms. The summed E-state index contributed by atoms with van der Waals surface area (Å²) in [7, 11) is 0. The minimum Gasteiger partial charge on any atom is -0.480 e. The highest BCUT2D eigenvalue weighted by Crippen LogP contribution is 2.33. The van der Waals surface area contributed by atoms with Gasteiger partial charge in [0.25, 0.3) is 0 Å². The van der Waals surface area contributed by atoms with Crippen molar-refractivity contribution in [3.63, 3.8) is 0 Å². The van der Waals surface area contributed by atoms with E-state index < -0.39 is 0 Å². The standard InChI is InChI=1S/C11H12Cl2N2O.BrH/c1-7(11-14-5-6-15-11)16-10-8(12)3-2-4-9(10)13;/h2-4,7H,5-6H2,1H3,(H,14,15);1H. The summed E-state index contributed by atoms with van der Waals surface area (Å²) in [6.45, 7) is 3.56. The van der Waals surface area contributed by atoms with Gasteiger partial charge in [-0.1, -0.05) is 29.3 Å². The summed E-state index contributed by atoms with van der Waals surface area (Å²) in [6, 6.07) is 5.28. The van der Waals surface area contributed by atoms with Crippen LogP contribution in [0, 0.1) is 0 Å².